The van der Waals surface area contributed by atoms with Crippen LogP contribution in [-0.4, -0.2) is 63.3 Å². The summed E-state index contributed by atoms with van der Waals surface area (Å²) in [5, 5.41) is 0. The van der Waals surface area contributed by atoms with Gasteiger partial charge in [0.25, 0.3) is 11.2 Å². The number of hydrogen-bond acceptors (Lipinski definition) is 4. The van der Waals surface area contributed by atoms with Crippen molar-refractivity contribution < 1.29 is 71.6 Å². The third kappa shape index (κ3) is 4.68. The van der Waals surface area contributed by atoms with Crippen LogP contribution in [-0.2, 0) is 30.1 Å². The van der Waals surface area contributed by atoms with Crippen LogP contribution in [0.3, 0.4) is 0 Å². The Morgan fingerprint density at radius 3 is 1.15 bits per heavy atom. The summed E-state index contributed by atoms with van der Waals surface area (Å²) < 4.78 is 183. The Balaban J connectivity index is 2.21. The second-order valence-electron chi connectivity index (χ2n) is 7.47. The van der Waals surface area contributed by atoms with E-state index in [1.54, 1.807) is 0 Å². The van der Waals surface area contributed by atoms with Gasteiger partial charge in [-0.1, -0.05) is 18.2 Å². The molecule has 3 rings (SSSR count). The number of rotatable bonds is 8. The van der Waals surface area contributed by atoms with Crippen molar-refractivity contribution in [2.75, 3.05) is 26.4 Å². The van der Waals surface area contributed by atoms with Crippen molar-refractivity contribution in [2.24, 2.45) is 0 Å². The van der Waals surface area contributed by atoms with Crippen LogP contribution >= 0.6 is 0 Å². The summed E-state index contributed by atoms with van der Waals surface area (Å²) in [4.78, 5) is 0. The Morgan fingerprint density at radius 1 is 0.618 bits per heavy atom. The van der Waals surface area contributed by atoms with Gasteiger partial charge in [-0.15, -0.1) is 0 Å². The lowest BCUT2D eigenvalue weighted by Gasteiger charge is -2.40. The van der Waals surface area contributed by atoms with Crippen molar-refractivity contribution in [3.63, 3.8) is 0 Å². The Kier molecular flexibility index (Phi) is 6.63. The molecule has 2 atom stereocenters. The van der Waals surface area contributed by atoms with E-state index in [4.69, 9.17) is 0 Å². The molecule has 0 spiro atoms. The van der Waals surface area contributed by atoms with Crippen molar-refractivity contribution in [1.82, 2.24) is 0 Å². The van der Waals surface area contributed by atoms with Crippen LogP contribution < -0.4 is 0 Å². The molecule has 1 aromatic carbocycles. The predicted molar refractivity (Wildman–Crippen MR) is 85.4 cm³/mol. The molecule has 0 unspecified atom stereocenters. The molecule has 16 heteroatoms. The SMILES string of the molecule is FC(F)(F)C(OC[C@H]1CO1)(c1cccc(C(OC[C@@H]2CO2)(C(F)(F)F)C(F)(F)F)c1)C(F)(F)F. The third-order valence-corrected chi connectivity index (χ3v) is 5.05. The van der Waals surface area contributed by atoms with Gasteiger partial charge in [-0.05, 0) is 6.07 Å². The average molecular weight is 522 g/mol. The molecular weight excluding hydrogens is 508 g/mol. The molecule has 0 aliphatic carbocycles. The normalized spacial score (nSPS) is 22.1. The molecule has 0 amide bonds. The van der Waals surface area contributed by atoms with E-state index in [1.165, 1.54) is 0 Å². The summed E-state index contributed by atoms with van der Waals surface area (Å²) >= 11 is 0. The lowest BCUT2D eigenvalue weighted by atomic mass is 9.85. The summed E-state index contributed by atoms with van der Waals surface area (Å²) in [6.45, 7) is -3.03. The van der Waals surface area contributed by atoms with Crippen LogP contribution in [0, 0.1) is 0 Å². The minimum atomic E-state index is -6.33. The van der Waals surface area contributed by atoms with Gasteiger partial charge in [-0.3, -0.25) is 0 Å². The molecule has 0 aromatic heterocycles. The highest BCUT2D eigenvalue weighted by molar-refractivity contribution is 5.37. The minimum absolute atomic E-state index is 0.0692. The van der Waals surface area contributed by atoms with Crippen LogP contribution in [0.2, 0.25) is 0 Å². The van der Waals surface area contributed by atoms with Crippen LogP contribution in [0.25, 0.3) is 0 Å². The van der Waals surface area contributed by atoms with Gasteiger partial charge in [-0.25, -0.2) is 0 Å². The first-order chi connectivity index (χ1) is 15.4. The molecule has 194 valence electrons. The number of epoxide rings is 2. The predicted octanol–water partition coefficient (Wildman–Crippen LogP) is 5.16. The van der Waals surface area contributed by atoms with E-state index in [9.17, 15) is 52.7 Å². The maximum Gasteiger partial charge on any atom is 0.430 e. The smallest absolute Gasteiger partial charge is 0.371 e. The zero-order valence-electron chi connectivity index (χ0n) is 16.5. The third-order valence-electron chi connectivity index (χ3n) is 5.05. The highest BCUT2D eigenvalue weighted by atomic mass is 19.4. The first kappa shape index (κ1) is 26.8. The van der Waals surface area contributed by atoms with Gasteiger partial charge in [0.15, 0.2) is 0 Å². The second-order valence-corrected chi connectivity index (χ2v) is 7.47. The average Bonchev–Trinajstić information content (AvgIpc) is 3.53. The van der Waals surface area contributed by atoms with Gasteiger partial charge in [0.2, 0.25) is 0 Å². The number of ether oxygens (including phenoxy) is 4. The van der Waals surface area contributed by atoms with Crippen molar-refractivity contribution >= 4 is 0 Å². The molecule has 4 nitrogen and oxygen atoms in total. The van der Waals surface area contributed by atoms with E-state index >= 15 is 0 Å². The van der Waals surface area contributed by atoms with Crippen LogP contribution in [0.1, 0.15) is 11.1 Å². The molecule has 0 radical (unpaired) electrons. The first-order valence-corrected chi connectivity index (χ1v) is 9.26. The number of benzene rings is 1. The molecule has 34 heavy (non-hydrogen) atoms. The van der Waals surface area contributed by atoms with E-state index < -0.39 is 78.5 Å². The molecule has 2 fully saturated rings. The maximum atomic E-state index is 13.8. The molecule has 0 saturated carbocycles. The van der Waals surface area contributed by atoms with Gasteiger partial charge in [-0.2, -0.15) is 52.7 Å². The second kappa shape index (κ2) is 8.41. The highest BCUT2D eigenvalue weighted by Crippen LogP contribution is 2.56. The van der Waals surface area contributed by atoms with Crippen molar-refractivity contribution in [1.29, 1.82) is 0 Å². The standard InChI is InChI=1S/C18H14F12O4/c19-15(20,21)13(16(22,23)24,33-7-11-5-31-11)9-2-1-3-10(4-9)14(17(25,26)27,18(28,29)30)34-8-12-6-32-12/h1-4,11-12H,5-8H2/t11-,12+. The number of alkyl halides is 12. The molecule has 2 aliphatic rings. The van der Waals surface area contributed by atoms with E-state index in [1.807, 2.05) is 0 Å². The molecule has 2 aliphatic heterocycles. The Morgan fingerprint density at radius 2 is 0.912 bits per heavy atom. The number of hydrogen-bond donors (Lipinski definition) is 0. The fourth-order valence-corrected chi connectivity index (χ4v) is 3.19. The molecule has 0 bridgehead atoms. The van der Waals surface area contributed by atoms with Crippen LogP contribution in [0.5, 0.6) is 0 Å². The number of halogens is 12. The summed E-state index contributed by atoms with van der Waals surface area (Å²) in [6, 6.07) is -0.181. The van der Waals surface area contributed by atoms with E-state index in [-0.39, 0.29) is 31.4 Å². The monoisotopic (exact) mass is 522 g/mol. The Hall–Kier alpha value is -1.78. The molecular formula is C18H14F12O4. The van der Waals surface area contributed by atoms with Crippen LogP contribution in [0.15, 0.2) is 24.3 Å². The fraction of sp³-hybridized carbons (Fsp3) is 0.667. The lowest BCUT2D eigenvalue weighted by molar-refractivity contribution is -0.391. The van der Waals surface area contributed by atoms with E-state index in [2.05, 4.69) is 18.9 Å². The van der Waals surface area contributed by atoms with Crippen LogP contribution in [0.4, 0.5) is 52.7 Å². The first-order valence-electron chi connectivity index (χ1n) is 9.26. The van der Waals surface area contributed by atoms with Gasteiger partial charge >= 0.3 is 24.7 Å². The van der Waals surface area contributed by atoms with Gasteiger partial charge < -0.3 is 18.9 Å². The van der Waals surface area contributed by atoms with Crippen molar-refractivity contribution in [3.05, 3.63) is 35.4 Å². The summed E-state index contributed by atoms with van der Waals surface area (Å²) in [5.41, 5.74) is -14.6. The highest BCUT2D eigenvalue weighted by Gasteiger charge is 2.76. The fourth-order valence-electron chi connectivity index (χ4n) is 3.19. The Labute approximate surface area is 182 Å². The molecule has 2 saturated heterocycles. The minimum Gasteiger partial charge on any atom is -0.371 e. The van der Waals surface area contributed by atoms with Crippen molar-refractivity contribution in [2.45, 2.75) is 48.1 Å². The summed E-state index contributed by atoms with van der Waals surface area (Å²) in [6.07, 6.45) is -27.6. The van der Waals surface area contributed by atoms with Gasteiger partial charge in [0, 0.05) is 11.1 Å². The lowest BCUT2D eigenvalue weighted by Crippen LogP contribution is -2.58. The quantitative estimate of drug-likeness (QED) is 0.350. The van der Waals surface area contributed by atoms with E-state index in [0.717, 1.165) is 0 Å². The topological polar surface area (TPSA) is 43.5 Å². The zero-order valence-corrected chi connectivity index (χ0v) is 16.5. The zero-order chi connectivity index (χ0) is 25.8. The van der Waals surface area contributed by atoms with Crippen molar-refractivity contribution in [3.8, 4) is 0 Å². The summed E-state index contributed by atoms with van der Waals surface area (Å²) in [5.74, 6) is 0. The molecule has 2 heterocycles. The van der Waals surface area contributed by atoms with E-state index in [0.29, 0.717) is 0 Å². The van der Waals surface area contributed by atoms with Gasteiger partial charge in [0.1, 0.15) is 12.2 Å². The largest absolute Gasteiger partial charge is 0.430 e. The summed E-state index contributed by atoms with van der Waals surface area (Å²) in [7, 11) is 0. The van der Waals surface area contributed by atoms with Gasteiger partial charge in [0.05, 0.1) is 26.4 Å². The maximum absolute atomic E-state index is 13.8. The molecule has 0 N–H and O–H groups in total. The molecule has 1 aromatic rings. The Bertz CT molecular complexity index is 770.